The molecular weight excluding hydrogens is 404 g/mol. The van der Waals surface area contributed by atoms with E-state index >= 15 is 0 Å². The largest absolute Gasteiger partial charge is 0.496 e. The van der Waals surface area contributed by atoms with E-state index in [0.717, 1.165) is 40.0 Å². The molecule has 0 aromatic heterocycles. The van der Waals surface area contributed by atoms with Crippen molar-refractivity contribution in [1.29, 1.82) is 0 Å². The van der Waals surface area contributed by atoms with Crippen molar-refractivity contribution in [2.45, 2.75) is 34.1 Å². The van der Waals surface area contributed by atoms with Crippen molar-refractivity contribution in [3.63, 3.8) is 0 Å². The van der Waals surface area contributed by atoms with Gasteiger partial charge in [-0.3, -0.25) is 0 Å². The number of esters is 2. The van der Waals surface area contributed by atoms with Gasteiger partial charge in [0.2, 0.25) is 0 Å². The molecule has 0 bridgehead atoms. The molecule has 3 rings (SSSR count). The summed E-state index contributed by atoms with van der Waals surface area (Å²) in [6.07, 6.45) is 0.767. The topological polar surface area (TPSA) is 61.8 Å². The maximum absolute atomic E-state index is 12.7. The fourth-order valence-electron chi connectivity index (χ4n) is 4.05. The van der Waals surface area contributed by atoms with Gasteiger partial charge in [0.05, 0.1) is 25.3 Å². The SMILES string of the molecule is COC(=O)c1cccc(C(=O)Oc2c(C)cc(Cc3cc(C)c(OC)c(C)c3)cc2C)c1. The van der Waals surface area contributed by atoms with Crippen LogP contribution in [0.3, 0.4) is 0 Å². The van der Waals surface area contributed by atoms with Crippen molar-refractivity contribution in [2.75, 3.05) is 14.2 Å². The molecular formula is C27H28O5. The van der Waals surface area contributed by atoms with Crippen molar-refractivity contribution >= 4 is 11.9 Å². The van der Waals surface area contributed by atoms with Crippen LogP contribution in [-0.4, -0.2) is 26.2 Å². The van der Waals surface area contributed by atoms with Gasteiger partial charge >= 0.3 is 11.9 Å². The van der Waals surface area contributed by atoms with E-state index in [2.05, 4.69) is 12.1 Å². The molecule has 0 fully saturated rings. The van der Waals surface area contributed by atoms with Gasteiger partial charge < -0.3 is 14.2 Å². The number of hydrogen-bond acceptors (Lipinski definition) is 5. The summed E-state index contributed by atoms with van der Waals surface area (Å²) in [5.41, 5.74) is 6.89. The Hall–Kier alpha value is -3.60. The van der Waals surface area contributed by atoms with Crippen LogP contribution in [0.25, 0.3) is 0 Å². The lowest BCUT2D eigenvalue weighted by Gasteiger charge is -2.15. The average Bonchev–Trinajstić information content (AvgIpc) is 2.75. The molecule has 0 N–H and O–H groups in total. The predicted octanol–water partition coefficient (Wildman–Crippen LogP) is 5.53. The molecule has 0 saturated carbocycles. The van der Waals surface area contributed by atoms with Gasteiger partial charge in [-0.15, -0.1) is 0 Å². The molecule has 0 radical (unpaired) electrons. The summed E-state index contributed by atoms with van der Waals surface area (Å²) in [5.74, 6) is 0.431. The zero-order valence-electron chi connectivity index (χ0n) is 19.4. The lowest BCUT2D eigenvalue weighted by molar-refractivity contribution is 0.0600. The maximum atomic E-state index is 12.7. The molecule has 0 heterocycles. The quantitative estimate of drug-likeness (QED) is 0.379. The summed E-state index contributed by atoms with van der Waals surface area (Å²) in [4.78, 5) is 24.4. The van der Waals surface area contributed by atoms with Gasteiger partial charge in [0.25, 0.3) is 0 Å². The third-order valence-electron chi connectivity index (χ3n) is 5.37. The lowest BCUT2D eigenvalue weighted by Crippen LogP contribution is -2.12. The van der Waals surface area contributed by atoms with Crippen LogP contribution in [0.4, 0.5) is 0 Å². The molecule has 0 atom stereocenters. The number of aryl methyl sites for hydroxylation is 4. The van der Waals surface area contributed by atoms with Gasteiger partial charge in [-0.1, -0.05) is 30.3 Å². The van der Waals surface area contributed by atoms with Crippen molar-refractivity contribution < 1.29 is 23.8 Å². The number of carbonyl (C=O) groups excluding carboxylic acids is 2. The molecule has 0 aliphatic rings. The molecule has 0 aliphatic carbocycles. The number of carbonyl (C=O) groups is 2. The Bertz CT molecular complexity index is 1130. The Labute approximate surface area is 188 Å². The molecule has 166 valence electrons. The van der Waals surface area contributed by atoms with Gasteiger partial charge in [-0.2, -0.15) is 0 Å². The molecule has 0 unspecified atom stereocenters. The minimum absolute atomic E-state index is 0.292. The van der Waals surface area contributed by atoms with E-state index < -0.39 is 11.9 Å². The molecule has 32 heavy (non-hydrogen) atoms. The predicted molar refractivity (Wildman–Crippen MR) is 124 cm³/mol. The lowest BCUT2D eigenvalue weighted by atomic mass is 9.97. The maximum Gasteiger partial charge on any atom is 0.343 e. The van der Waals surface area contributed by atoms with E-state index in [0.29, 0.717) is 16.9 Å². The highest BCUT2D eigenvalue weighted by Gasteiger charge is 2.16. The minimum atomic E-state index is -0.517. The highest BCUT2D eigenvalue weighted by molar-refractivity contribution is 5.96. The van der Waals surface area contributed by atoms with Gasteiger partial charge in [0.15, 0.2) is 0 Å². The number of methoxy groups -OCH3 is 2. The normalized spacial score (nSPS) is 10.6. The van der Waals surface area contributed by atoms with E-state index in [1.165, 1.54) is 18.7 Å². The first-order chi connectivity index (χ1) is 15.2. The summed E-state index contributed by atoms with van der Waals surface area (Å²) in [7, 11) is 2.99. The van der Waals surface area contributed by atoms with Crippen LogP contribution in [0.15, 0.2) is 48.5 Å². The van der Waals surface area contributed by atoms with E-state index in [4.69, 9.17) is 14.2 Å². The van der Waals surface area contributed by atoms with Crippen LogP contribution in [0, 0.1) is 27.7 Å². The monoisotopic (exact) mass is 432 g/mol. The van der Waals surface area contributed by atoms with Crippen LogP contribution < -0.4 is 9.47 Å². The summed E-state index contributed by atoms with van der Waals surface area (Å²) < 4.78 is 15.9. The van der Waals surface area contributed by atoms with Crippen molar-refractivity contribution in [2.24, 2.45) is 0 Å². The van der Waals surface area contributed by atoms with Crippen molar-refractivity contribution in [1.82, 2.24) is 0 Å². The summed E-state index contributed by atoms with van der Waals surface area (Å²) in [6, 6.07) is 14.7. The fourth-order valence-corrected chi connectivity index (χ4v) is 4.05. The molecule has 5 heteroatoms. The Kier molecular flexibility index (Phi) is 6.98. The second-order valence-corrected chi connectivity index (χ2v) is 7.96. The van der Waals surface area contributed by atoms with Gasteiger partial charge in [0, 0.05) is 0 Å². The first kappa shape index (κ1) is 23.1. The van der Waals surface area contributed by atoms with Crippen molar-refractivity contribution in [3.8, 4) is 11.5 Å². The van der Waals surface area contributed by atoms with Crippen LogP contribution in [0.5, 0.6) is 11.5 Å². The molecule has 3 aromatic carbocycles. The summed E-state index contributed by atoms with van der Waals surface area (Å²) in [6.45, 7) is 7.94. The van der Waals surface area contributed by atoms with Crippen LogP contribution in [0.2, 0.25) is 0 Å². The Morgan fingerprint density at radius 1 is 0.688 bits per heavy atom. The van der Waals surface area contributed by atoms with Crippen molar-refractivity contribution in [3.05, 3.63) is 93.0 Å². The molecule has 0 spiro atoms. The Morgan fingerprint density at radius 3 is 1.62 bits per heavy atom. The van der Waals surface area contributed by atoms with Crippen LogP contribution in [0.1, 0.15) is 54.1 Å². The minimum Gasteiger partial charge on any atom is -0.496 e. The molecule has 0 saturated heterocycles. The van der Waals surface area contributed by atoms with E-state index in [-0.39, 0.29) is 0 Å². The second-order valence-electron chi connectivity index (χ2n) is 7.96. The summed E-state index contributed by atoms with van der Waals surface area (Å²) in [5, 5.41) is 0. The second kappa shape index (κ2) is 9.69. The van der Waals surface area contributed by atoms with E-state index in [1.54, 1.807) is 25.3 Å². The van der Waals surface area contributed by atoms with E-state index in [9.17, 15) is 9.59 Å². The number of hydrogen-bond donors (Lipinski definition) is 0. The fraction of sp³-hybridized carbons (Fsp3) is 0.259. The Balaban J connectivity index is 1.82. The molecule has 0 amide bonds. The zero-order valence-corrected chi connectivity index (χ0v) is 19.4. The van der Waals surface area contributed by atoms with Crippen LogP contribution in [-0.2, 0) is 11.2 Å². The Morgan fingerprint density at radius 2 is 1.16 bits per heavy atom. The van der Waals surface area contributed by atoms with Gasteiger partial charge in [0.1, 0.15) is 11.5 Å². The highest BCUT2D eigenvalue weighted by Crippen LogP contribution is 2.29. The van der Waals surface area contributed by atoms with Gasteiger partial charge in [-0.05, 0) is 85.7 Å². The van der Waals surface area contributed by atoms with E-state index in [1.807, 2.05) is 39.8 Å². The first-order valence-electron chi connectivity index (χ1n) is 10.4. The van der Waals surface area contributed by atoms with Crippen LogP contribution >= 0.6 is 0 Å². The third-order valence-corrected chi connectivity index (χ3v) is 5.37. The standard InChI is InChI=1S/C27H28O5/c1-16-10-20(11-17(2)24(16)30-5)14-21-12-18(3)25(19(4)13-21)32-27(29)23-9-7-8-22(15-23)26(28)31-6/h7-13,15H,14H2,1-6H3. The smallest absolute Gasteiger partial charge is 0.343 e. The molecule has 0 aliphatic heterocycles. The highest BCUT2D eigenvalue weighted by atomic mass is 16.5. The number of rotatable bonds is 6. The number of benzene rings is 3. The molecule has 5 nitrogen and oxygen atoms in total. The third kappa shape index (κ3) is 4.99. The average molecular weight is 433 g/mol. The molecule has 3 aromatic rings. The summed E-state index contributed by atoms with van der Waals surface area (Å²) >= 11 is 0. The first-order valence-corrected chi connectivity index (χ1v) is 10.4. The van der Waals surface area contributed by atoms with Gasteiger partial charge in [-0.25, -0.2) is 9.59 Å². The zero-order chi connectivity index (χ0) is 23.4. The number of ether oxygens (including phenoxy) is 3.